The first-order valence-electron chi connectivity index (χ1n) is 18.2. The number of aliphatic hydroxyl groups excluding tert-OH is 2. The Morgan fingerprint density at radius 2 is 1.44 bits per heavy atom. The lowest BCUT2D eigenvalue weighted by Crippen LogP contribution is -2.33. The number of phenolic OH excluding ortho intramolecular Hbond substituents is 1. The number of carbonyl (C=O) groups is 2. The van der Waals surface area contributed by atoms with Crippen LogP contribution in [0.25, 0.3) is 10.8 Å². The van der Waals surface area contributed by atoms with E-state index in [1.54, 1.807) is 0 Å². The van der Waals surface area contributed by atoms with Crippen molar-refractivity contribution in [1.29, 1.82) is 0 Å². The molecule has 1 heterocycles. The number of hydrogen-bond donors (Lipinski definition) is 7. The van der Waals surface area contributed by atoms with E-state index in [0.717, 1.165) is 30.3 Å². The number of hydrogen-bond acceptors (Lipinski definition) is 23. The Morgan fingerprint density at radius 1 is 0.803 bits per heavy atom. The molecule has 346 valence electrons. The summed E-state index contributed by atoms with van der Waals surface area (Å²) in [4.78, 5) is 24.2. The van der Waals surface area contributed by atoms with Gasteiger partial charge in [0.15, 0.2) is 11.5 Å². The van der Waals surface area contributed by atoms with Gasteiger partial charge in [0.25, 0.3) is 26.1 Å². The summed E-state index contributed by atoms with van der Waals surface area (Å²) in [6, 6.07) is 14.0. The van der Waals surface area contributed by atoms with E-state index < -0.39 is 72.6 Å². The summed E-state index contributed by atoms with van der Waals surface area (Å²) in [7, 11) is -8.08. The second kappa shape index (κ2) is 20.8. The third kappa shape index (κ3) is 11.2. The molecule has 1 aliphatic rings. The van der Waals surface area contributed by atoms with Gasteiger partial charge in [-0.15, -0.1) is 24.8 Å². The molecular formula is C37H32N8O18S3. The van der Waals surface area contributed by atoms with Crippen LogP contribution in [0.1, 0.15) is 0 Å². The molecule has 5 aromatic carbocycles. The van der Waals surface area contributed by atoms with E-state index in [0.29, 0.717) is 17.1 Å². The van der Waals surface area contributed by atoms with Crippen LogP contribution in [-0.2, 0) is 39.2 Å². The molecular weight excluding hydrogens is 941 g/mol. The fourth-order valence-electron chi connectivity index (χ4n) is 5.75. The van der Waals surface area contributed by atoms with Crippen LogP contribution in [0.3, 0.4) is 0 Å². The molecule has 1 amide bonds. The van der Waals surface area contributed by atoms with Crippen molar-refractivity contribution in [2.45, 2.75) is 20.7 Å². The Kier molecular flexibility index (Phi) is 15.3. The molecule has 29 heteroatoms. The summed E-state index contributed by atoms with van der Waals surface area (Å²) < 4.78 is 87.1. The number of nitrogens with zero attached hydrogens (tertiary/aromatic N) is 8. The van der Waals surface area contributed by atoms with Crippen molar-refractivity contribution in [2.24, 2.45) is 35.8 Å². The molecule has 1 atom stereocenters. The number of aromatic hydroxyl groups is 1. The number of azo groups is 3. The topological polar surface area (TPSA) is 380 Å². The van der Waals surface area contributed by atoms with E-state index in [4.69, 9.17) is 19.5 Å². The van der Waals surface area contributed by atoms with Crippen molar-refractivity contribution in [3.63, 3.8) is 0 Å². The number of carboxylic acid groups (broad SMARTS) is 1. The Balaban J connectivity index is 1.35. The number of methoxy groups -OCH3 is 1. The minimum absolute atomic E-state index is 0.0372. The Hall–Kier alpha value is -7.06. The quantitative estimate of drug-likeness (QED) is 0.0155. The monoisotopic (exact) mass is 972 g/mol. The molecule has 0 saturated carbocycles. The third-order valence-electron chi connectivity index (χ3n) is 8.69. The number of aliphatic hydroxyl groups is 2. The highest BCUT2D eigenvalue weighted by Gasteiger charge is 2.41. The smallest absolute Gasteiger partial charge is 0.355 e. The number of ether oxygens (including phenoxy) is 3. The number of phenols is 1. The first-order chi connectivity index (χ1) is 31.5. The van der Waals surface area contributed by atoms with Crippen LogP contribution < -0.4 is 19.2 Å². The largest absolute Gasteiger partial charge is 0.505 e. The highest BCUT2D eigenvalue weighted by atomic mass is 32.2. The van der Waals surface area contributed by atoms with Crippen LogP contribution in [0.5, 0.6) is 23.0 Å². The molecule has 5 aromatic rings. The maximum absolute atomic E-state index is 13.3. The predicted molar refractivity (Wildman–Crippen MR) is 226 cm³/mol. The highest BCUT2D eigenvalue weighted by molar-refractivity contribution is 7.94. The van der Waals surface area contributed by atoms with Gasteiger partial charge in [-0.1, -0.05) is 5.04 Å². The molecule has 6 rings (SSSR count). The van der Waals surface area contributed by atoms with Crippen molar-refractivity contribution in [2.75, 3.05) is 38.5 Å². The number of rotatable bonds is 20. The zero-order valence-corrected chi connectivity index (χ0v) is 35.8. The number of amides is 1. The van der Waals surface area contributed by atoms with Crippen molar-refractivity contribution in [3.05, 3.63) is 78.9 Å². The molecule has 0 saturated heterocycles. The minimum Gasteiger partial charge on any atom is -0.505 e. The molecule has 0 aliphatic carbocycles. The fourth-order valence-corrected chi connectivity index (χ4v) is 7.36. The van der Waals surface area contributed by atoms with E-state index in [-0.39, 0.29) is 80.3 Å². The van der Waals surface area contributed by atoms with Crippen molar-refractivity contribution in [3.8, 4) is 23.0 Å². The van der Waals surface area contributed by atoms with Gasteiger partial charge in [-0.3, -0.25) is 13.9 Å². The summed E-state index contributed by atoms with van der Waals surface area (Å²) in [6.07, 6.45) is 0. The number of fused-ring (bicyclic) bond motifs is 1. The number of carbonyl (C=O) groups excluding carboxylic acids is 1. The second-order valence-corrected chi connectivity index (χ2v) is 16.4. The standard InChI is InChI=1S/C37H32N8O18S3/c1-59-22-5-9-25(31(16-22)66(56,57)58)39-40-26-17-29(61-13-11-47)27(18-28(26)60-12-10-46)41-42-32-30(64-63-62-52)15-19-14-20(2-8-24(19)35(32)48)38-43-33-34(37(50)51)44-45(36(33)49)21-3-6-23(7-4-21)65(53,54)55/h2-9,14-18,33,46-48,52H,10-13H2,1H3,(H,50,51)(H,53,54,55)(H,56,57,58). The molecule has 26 nitrogen and oxygen atoms in total. The van der Waals surface area contributed by atoms with Crippen molar-refractivity contribution < 1.29 is 84.8 Å². The summed E-state index contributed by atoms with van der Waals surface area (Å²) in [6.45, 7) is -1.49. The van der Waals surface area contributed by atoms with Gasteiger partial charge in [-0.2, -0.15) is 37.2 Å². The average Bonchev–Trinajstić information content (AvgIpc) is 3.63. The molecule has 0 fully saturated rings. The van der Waals surface area contributed by atoms with Gasteiger partial charge in [0.2, 0.25) is 6.04 Å². The zero-order valence-electron chi connectivity index (χ0n) is 33.3. The first kappa shape index (κ1) is 48.4. The number of aliphatic carboxylic acids is 1. The van der Waals surface area contributed by atoms with Gasteiger partial charge < -0.3 is 34.6 Å². The predicted octanol–water partition coefficient (Wildman–Crippen LogP) is 5.99. The molecule has 66 heavy (non-hydrogen) atoms. The van der Waals surface area contributed by atoms with E-state index in [1.165, 1.54) is 55.6 Å². The average molecular weight is 973 g/mol. The maximum atomic E-state index is 13.3. The first-order valence-corrected chi connectivity index (χ1v) is 21.8. The van der Waals surface area contributed by atoms with Gasteiger partial charge in [0, 0.05) is 23.6 Å². The maximum Gasteiger partial charge on any atom is 0.355 e. The van der Waals surface area contributed by atoms with Gasteiger partial charge in [-0.05, 0) is 66.0 Å². The number of anilines is 1. The molecule has 0 radical (unpaired) electrons. The highest BCUT2D eigenvalue weighted by Crippen LogP contribution is 2.47. The van der Waals surface area contributed by atoms with Crippen LogP contribution in [-0.4, -0.2) is 109 Å². The molecule has 0 aromatic heterocycles. The summed E-state index contributed by atoms with van der Waals surface area (Å²) >= 11 is 0.368. The van der Waals surface area contributed by atoms with E-state index >= 15 is 0 Å². The SMILES string of the molecule is COc1ccc(N=Nc2cc(OCCO)c(N=Nc3c(SOOO)cc4cc(N=NC5C(=O)N(c6ccc(S(=O)(=O)O)cc6)N=C5C(=O)O)ccc4c3O)cc2OCCO)c(S(=O)(=O)O)c1. The van der Waals surface area contributed by atoms with Gasteiger partial charge in [0.05, 0.1) is 53.5 Å². The molecule has 1 aliphatic heterocycles. The van der Waals surface area contributed by atoms with E-state index in [1.807, 2.05) is 0 Å². The van der Waals surface area contributed by atoms with Gasteiger partial charge in [-0.25, -0.2) is 10.1 Å². The van der Waals surface area contributed by atoms with Gasteiger partial charge in [0.1, 0.15) is 58.1 Å². The molecule has 0 bridgehead atoms. The summed E-state index contributed by atoms with van der Waals surface area (Å²) in [5.41, 5.74) is -1.48. The third-order valence-corrected chi connectivity index (χ3v) is 11.1. The van der Waals surface area contributed by atoms with Crippen LogP contribution >= 0.6 is 12.0 Å². The van der Waals surface area contributed by atoms with E-state index in [9.17, 15) is 56.0 Å². The fraction of sp³-hybridized carbons (Fsp3) is 0.162. The number of carboxylic acids is 1. The molecule has 1 unspecified atom stereocenters. The number of hydrazone groups is 1. The Morgan fingerprint density at radius 3 is 2.02 bits per heavy atom. The van der Waals surface area contributed by atoms with Crippen LogP contribution in [0.15, 0.2) is 129 Å². The van der Waals surface area contributed by atoms with Gasteiger partial charge >= 0.3 is 5.97 Å². The summed E-state index contributed by atoms with van der Waals surface area (Å²) in [5.74, 6) is -3.18. The lowest BCUT2D eigenvalue weighted by Gasteiger charge is -2.13. The van der Waals surface area contributed by atoms with Crippen LogP contribution in [0, 0.1) is 0 Å². The zero-order chi connectivity index (χ0) is 47.8. The normalized spacial score (nSPS) is 14.5. The second-order valence-electron chi connectivity index (χ2n) is 12.9. The lowest BCUT2D eigenvalue weighted by molar-refractivity contribution is -0.432. The minimum atomic E-state index is -4.80. The van der Waals surface area contributed by atoms with Crippen LogP contribution in [0.4, 0.5) is 34.1 Å². The molecule has 7 N–H and O–H groups in total. The Labute approximate surface area is 375 Å². The van der Waals surface area contributed by atoms with Crippen LogP contribution in [0.2, 0.25) is 0 Å². The summed E-state index contributed by atoms with van der Waals surface area (Å²) in [5, 5.41) is 82.1. The van der Waals surface area contributed by atoms with Crippen molar-refractivity contribution >= 4 is 94.8 Å². The lowest BCUT2D eigenvalue weighted by atomic mass is 10.1. The number of benzene rings is 5. The van der Waals surface area contributed by atoms with Crippen molar-refractivity contribution in [1.82, 2.24) is 0 Å². The van der Waals surface area contributed by atoms with E-state index in [2.05, 4.69) is 45.2 Å². The molecule has 0 spiro atoms. The Bertz CT molecular complexity index is 3030.